The zero-order chi connectivity index (χ0) is 49.2. The van der Waals surface area contributed by atoms with Crippen LogP contribution in [0.4, 0.5) is 16.2 Å². The quantitative estimate of drug-likeness (QED) is 0.0109. The molecule has 3 heterocycles. The van der Waals surface area contributed by atoms with Crippen LogP contribution < -0.4 is 31.3 Å². The van der Waals surface area contributed by atoms with E-state index in [1.165, 1.54) is 21.6 Å². The second-order valence-corrected chi connectivity index (χ2v) is 19.0. The number of ether oxygens (including phenoxy) is 2. The third-order valence-corrected chi connectivity index (χ3v) is 14.1. The number of halogens is 1. The standard InChI is InChI=1S/C47H48ClN7O12S2/c48-22-27-23-55(43(58)36-20-26-18-28(11-13-33(26)53-36)51-42(57)35-19-25-6-1-4-9-32(25)52-35)38-21-39(29-7-2-3-8-30(29)41(27)38)67-47(65)66-16-17-68-69-24-37(46(63)64)50-15-5-10-34(45(61)62)54-40(56)14-12-31(49)44(59)60/h1-4,6-9,11,13,18-21,27,31,34,37,50,52-53H,5,10,12,14-17,22-24,49H2,(H,51,57)(H,54,56)(H,59,60)(H,61,62)(H,63,64). The summed E-state index contributed by atoms with van der Waals surface area (Å²) in [7, 11) is 2.49. The van der Waals surface area contributed by atoms with Gasteiger partial charge >= 0.3 is 24.1 Å². The van der Waals surface area contributed by atoms with E-state index in [0.717, 1.165) is 21.9 Å². The van der Waals surface area contributed by atoms with Crippen molar-refractivity contribution in [3.63, 3.8) is 0 Å². The van der Waals surface area contributed by atoms with Crippen LogP contribution in [-0.2, 0) is 23.9 Å². The van der Waals surface area contributed by atoms with Crippen LogP contribution in [-0.4, -0.2) is 122 Å². The van der Waals surface area contributed by atoms with Gasteiger partial charge in [-0.3, -0.25) is 24.0 Å². The van der Waals surface area contributed by atoms with Crippen molar-refractivity contribution < 1.29 is 58.4 Å². The Morgan fingerprint density at radius 2 is 1.52 bits per heavy atom. The molecular weight excluding hydrogens is 954 g/mol. The number of hydrogen-bond donors (Lipinski definition) is 9. The van der Waals surface area contributed by atoms with Crippen molar-refractivity contribution >= 4 is 119 Å². The number of carbonyl (C=O) groups is 7. The number of hydrogen-bond acceptors (Lipinski definition) is 13. The number of nitrogens with one attached hydrogen (secondary N) is 5. The third kappa shape index (κ3) is 12.5. The van der Waals surface area contributed by atoms with Gasteiger partial charge in [-0.1, -0.05) is 64.1 Å². The van der Waals surface area contributed by atoms with E-state index in [1.54, 1.807) is 53.4 Å². The first-order valence-corrected chi connectivity index (χ1v) is 24.7. The highest BCUT2D eigenvalue weighted by molar-refractivity contribution is 8.76. The van der Waals surface area contributed by atoms with E-state index in [9.17, 15) is 43.8 Å². The molecule has 0 saturated carbocycles. The highest BCUT2D eigenvalue weighted by Gasteiger charge is 2.36. The van der Waals surface area contributed by atoms with Gasteiger partial charge in [0.15, 0.2) is 0 Å². The van der Waals surface area contributed by atoms with Crippen LogP contribution in [0.5, 0.6) is 5.75 Å². The molecule has 6 aromatic rings. The van der Waals surface area contributed by atoms with Gasteiger partial charge in [0.1, 0.15) is 41.9 Å². The lowest BCUT2D eigenvalue weighted by Crippen LogP contribution is -2.43. The maximum atomic E-state index is 14.3. The average molecular weight is 1000 g/mol. The molecule has 0 spiro atoms. The number of nitrogens with two attached hydrogens (primary N) is 1. The molecule has 3 amide bonds. The number of carboxylic acid groups (broad SMARTS) is 3. The summed E-state index contributed by atoms with van der Waals surface area (Å²) in [6.07, 6.45) is -1.20. The Morgan fingerprint density at radius 1 is 0.812 bits per heavy atom. The lowest BCUT2D eigenvalue weighted by molar-refractivity contribution is -0.142. The molecule has 69 heavy (non-hydrogen) atoms. The average Bonchev–Trinajstić information content (AvgIpc) is 4.07. The van der Waals surface area contributed by atoms with Crippen molar-refractivity contribution in [1.29, 1.82) is 0 Å². The fourth-order valence-corrected chi connectivity index (χ4v) is 10.1. The maximum absolute atomic E-state index is 14.3. The number of rotatable bonds is 23. The number of aromatic nitrogens is 2. The normalized spacial score (nSPS) is 14.5. The number of alkyl halides is 1. The fourth-order valence-electron chi connectivity index (χ4n) is 7.87. The highest BCUT2D eigenvalue weighted by atomic mass is 35.5. The zero-order valence-electron chi connectivity index (χ0n) is 36.7. The largest absolute Gasteiger partial charge is 0.513 e. The number of para-hydroxylation sites is 1. The van der Waals surface area contributed by atoms with Crippen LogP contribution in [0.15, 0.2) is 84.9 Å². The van der Waals surface area contributed by atoms with E-state index >= 15 is 0 Å². The number of benzene rings is 4. The summed E-state index contributed by atoms with van der Waals surface area (Å²) in [4.78, 5) is 94.9. The van der Waals surface area contributed by atoms with E-state index in [4.69, 9.17) is 31.9 Å². The number of anilines is 2. The number of aliphatic carboxylic acids is 3. The summed E-state index contributed by atoms with van der Waals surface area (Å²) in [5.41, 5.74) is 9.53. The number of carbonyl (C=O) groups excluding carboxylic acids is 4. The van der Waals surface area contributed by atoms with Gasteiger partial charge in [0.25, 0.3) is 11.8 Å². The Kier molecular flexibility index (Phi) is 16.7. The Morgan fingerprint density at radius 3 is 2.26 bits per heavy atom. The van der Waals surface area contributed by atoms with Gasteiger partial charge in [0.2, 0.25) is 5.91 Å². The summed E-state index contributed by atoms with van der Waals surface area (Å²) in [6.45, 7) is 0.336. The van der Waals surface area contributed by atoms with Crippen LogP contribution in [0, 0.1) is 0 Å². The van der Waals surface area contributed by atoms with E-state index in [-0.39, 0.29) is 86.2 Å². The predicted octanol–water partition coefficient (Wildman–Crippen LogP) is 6.52. The smallest absolute Gasteiger partial charge is 0.480 e. The number of H-pyrrole nitrogens is 2. The van der Waals surface area contributed by atoms with Gasteiger partial charge in [-0.25, -0.2) is 9.59 Å². The number of nitrogens with zero attached hydrogens (tertiary/aromatic N) is 1. The van der Waals surface area contributed by atoms with E-state index < -0.39 is 48.1 Å². The zero-order valence-corrected chi connectivity index (χ0v) is 39.1. The predicted molar refractivity (Wildman–Crippen MR) is 264 cm³/mol. The second-order valence-electron chi connectivity index (χ2n) is 16.1. The van der Waals surface area contributed by atoms with Crippen LogP contribution in [0.1, 0.15) is 58.1 Å². The number of carboxylic acids is 3. The summed E-state index contributed by atoms with van der Waals surface area (Å²) in [5, 5.41) is 39.2. The van der Waals surface area contributed by atoms with Gasteiger partial charge in [-0.05, 0) is 73.2 Å². The van der Waals surface area contributed by atoms with Gasteiger partial charge in [-0.15, -0.1) is 11.6 Å². The Hall–Kier alpha value is -6.78. The summed E-state index contributed by atoms with van der Waals surface area (Å²) >= 11 is 6.51. The minimum absolute atomic E-state index is 0.00333. The van der Waals surface area contributed by atoms with E-state index in [0.29, 0.717) is 39.1 Å². The molecule has 7 rings (SSSR count). The van der Waals surface area contributed by atoms with Crippen molar-refractivity contribution in [2.45, 2.75) is 49.7 Å². The molecule has 0 saturated heterocycles. The van der Waals surface area contributed by atoms with Crippen molar-refractivity contribution in [2.24, 2.45) is 5.73 Å². The molecule has 362 valence electrons. The highest BCUT2D eigenvalue weighted by Crippen LogP contribution is 2.46. The third-order valence-electron chi connectivity index (χ3n) is 11.3. The Balaban J connectivity index is 0.910. The molecule has 4 aromatic carbocycles. The van der Waals surface area contributed by atoms with Crippen molar-refractivity contribution in [3.05, 3.63) is 102 Å². The molecule has 2 aromatic heterocycles. The summed E-state index contributed by atoms with van der Waals surface area (Å²) in [5.74, 6) is -4.43. The van der Waals surface area contributed by atoms with Crippen molar-refractivity contribution in [3.8, 4) is 5.75 Å². The first-order valence-electron chi connectivity index (χ1n) is 21.7. The van der Waals surface area contributed by atoms with Crippen LogP contribution in [0.2, 0.25) is 0 Å². The SMILES string of the molecule is NC(CCC(=O)NC(CCCNC(CSSCCOC(=O)Oc1cc2c(c3ccccc13)C(CCl)CN2C(=O)c1cc2cc(NC(=O)c3cc4ccccc4[nH]3)ccc2[nH]1)C(=O)O)C(=O)O)C(=O)O. The lowest BCUT2D eigenvalue weighted by Gasteiger charge is -2.18. The minimum Gasteiger partial charge on any atom is -0.480 e. The maximum Gasteiger partial charge on any atom is 0.513 e. The fraction of sp³-hybridized carbons (Fsp3) is 0.298. The molecule has 0 radical (unpaired) electrons. The Labute approximate surface area is 406 Å². The Bertz CT molecular complexity index is 2880. The first-order chi connectivity index (χ1) is 33.2. The molecule has 4 atom stereocenters. The monoisotopic (exact) mass is 1000 g/mol. The van der Waals surface area contributed by atoms with Crippen LogP contribution in [0.25, 0.3) is 32.6 Å². The molecule has 0 fully saturated rings. The van der Waals surface area contributed by atoms with E-state index in [1.807, 2.05) is 36.4 Å². The molecule has 4 unspecified atom stereocenters. The molecular formula is C47H48ClN7O12S2. The summed E-state index contributed by atoms with van der Waals surface area (Å²) in [6, 6.07) is 21.9. The molecule has 22 heteroatoms. The molecule has 19 nitrogen and oxygen atoms in total. The molecule has 1 aliphatic rings. The van der Waals surface area contributed by atoms with Gasteiger partial charge in [-0.2, -0.15) is 0 Å². The van der Waals surface area contributed by atoms with E-state index in [2.05, 4.69) is 25.9 Å². The minimum atomic E-state index is -1.29. The topological polar surface area (TPSA) is 296 Å². The summed E-state index contributed by atoms with van der Waals surface area (Å²) < 4.78 is 11.1. The van der Waals surface area contributed by atoms with Crippen LogP contribution >= 0.6 is 33.2 Å². The molecule has 0 bridgehead atoms. The molecule has 1 aliphatic heterocycles. The first kappa shape index (κ1) is 50.1. The van der Waals surface area contributed by atoms with Crippen molar-refractivity contribution in [1.82, 2.24) is 20.6 Å². The van der Waals surface area contributed by atoms with Crippen molar-refractivity contribution in [2.75, 3.05) is 47.3 Å². The molecule has 10 N–H and O–H groups in total. The van der Waals surface area contributed by atoms with Gasteiger partial charge in [0, 0.05) is 75.2 Å². The number of amides is 3. The molecule has 0 aliphatic carbocycles. The van der Waals surface area contributed by atoms with Crippen LogP contribution in [0.3, 0.4) is 0 Å². The van der Waals surface area contributed by atoms with Gasteiger partial charge in [0.05, 0.1) is 5.69 Å². The lowest BCUT2D eigenvalue weighted by atomic mass is 9.95. The van der Waals surface area contributed by atoms with Gasteiger partial charge < -0.3 is 61.3 Å². The number of fused-ring (bicyclic) bond motifs is 5. The number of aromatic amines is 2. The second kappa shape index (κ2) is 23.0.